The van der Waals surface area contributed by atoms with Crippen LogP contribution in [0.2, 0.25) is 0 Å². The van der Waals surface area contributed by atoms with Crippen molar-refractivity contribution in [2.24, 2.45) is 29.6 Å². The topological polar surface area (TPSA) is 123 Å². The van der Waals surface area contributed by atoms with E-state index >= 15 is 0 Å². The van der Waals surface area contributed by atoms with E-state index in [0.29, 0.717) is 5.92 Å². The Morgan fingerprint density at radius 1 is 0.865 bits per heavy atom. The van der Waals surface area contributed by atoms with E-state index in [9.17, 15) is 19.2 Å². The number of hydrogen-bond acceptors (Lipinski definition) is 6. The average molecular weight is 516 g/mol. The van der Waals surface area contributed by atoms with Crippen molar-refractivity contribution in [1.82, 2.24) is 16.0 Å². The molecule has 0 spiro atoms. The molecule has 0 aromatic carbocycles. The Balaban J connectivity index is 0.000000222. The number of nitrogens with one attached hydrogen (secondary N) is 3. The first-order valence-corrected chi connectivity index (χ1v) is 13.1. The van der Waals surface area contributed by atoms with Gasteiger partial charge in [0.25, 0.3) is 0 Å². The fraction of sp³-hybridized carbons (Fsp3) is 0.643. The lowest BCUT2D eigenvalue weighted by molar-refractivity contribution is -0.126. The maximum atomic E-state index is 12.1. The van der Waals surface area contributed by atoms with Crippen LogP contribution in [0, 0.1) is 29.6 Å². The second-order valence-electron chi connectivity index (χ2n) is 12.1. The molecule has 3 fully saturated rings. The summed E-state index contributed by atoms with van der Waals surface area (Å²) < 4.78 is 10.3. The summed E-state index contributed by atoms with van der Waals surface area (Å²) in [5.74, 6) is -0.0638. The Morgan fingerprint density at radius 3 is 2.03 bits per heavy atom. The number of carbonyl (C=O) groups excluding carboxylic acids is 4. The number of alkyl carbamates (subject to hydrolysis) is 2. The molecule has 1 heterocycles. The summed E-state index contributed by atoms with van der Waals surface area (Å²) >= 11 is 0. The molecule has 1 aliphatic heterocycles. The molecule has 3 N–H and O–H groups in total. The quantitative estimate of drug-likeness (QED) is 0.284. The van der Waals surface area contributed by atoms with Gasteiger partial charge in [0, 0.05) is 6.20 Å². The van der Waals surface area contributed by atoms with E-state index in [-0.39, 0.29) is 23.7 Å². The van der Waals surface area contributed by atoms with Crippen LogP contribution in [-0.2, 0) is 19.1 Å². The summed E-state index contributed by atoms with van der Waals surface area (Å²) in [6, 6.07) is -0.499. The predicted octanol–water partition coefficient (Wildman–Crippen LogP) is 4.36. The number of rotatable bonds is 5. The van der Waals surface area contributed by atoms with Crippen LogP contribution < -0.4 is 16.0 Å². The third-order valence-corrected chi connectivity index (χ3v) is 6.24. The van der Waals surface area contributed by atoms with Crippen LogP contribution in [0.25, 0.3) is 0 Å². The molecule has 204 valence electrons. The molecule has 0 radical (unpaired) electrons. The third-order valence-electron chi connectivity index (χ3n) is 6.24. The molecule has 0 bridgehead atoms. The molecule has 3 aliphatic carbocycles. The van der Waals surface area contributed by atoms with Gasteiger partial charge in [-0.25, -0.2) is 9.59 Å². The van der Waals surface area contributed by atoms with Gasteiger partial charge in [0.1, 0.15) is 11.2 Å². The highest BCUT2D eigenvalue weighted by Crippen LogP contribution is 2.47. The first kappa shape index (κ1) is 28.5. The SMILES string of the molecule is CC(C)(C)OC(=O)NC1C=CC(C2CC2)C2C(=O)NC(=O)C12.CC(C)(C)OC(=O)NC=CC=CC1CC1. The van der Waals surface area contributed by atoms with Crippen LogP contribution in [0.4, 0.5) is 9.59 Å². The van der Waals surface area contributed by atoms with Gasteiger partial charge in [-0.3, -0.25) is 20.2 Å². The molecule has 4 rings (SSSR count). The minimum atomic E-state index is -0.605. The van der Waals surface area contributed by atoms with Crippen LogP contribution in [0.1, 0.15) is 67.2 Å². The molecule has 4 unspecified atom stereocenters. The van der Waals surface area contributed by atoms with Crippen molar-refractivity contribution in [3.05, 3.63) is 36.6 Å². The predicted molar refractivity (Wildman–Crippen MR) is 139 cm³/mol. The maximum absolute atomic E-state index is 12.1. The summed E-state index contributed by atoms with van der Waals surface area (Å²) in [7, 11) is 0. The Kier molecular flexibility index (Phi) is 8.87. The van der Waals surface area contributed by atoms with Gasteiger partial charge in [0.2, 0.25) is 11.8 Å². The van der Waals surface area contributed by atoms with Crippen LogP contribution in [-0.4, -0.2) is 41.2 Å². The number of hydrogen-bond donors (Lipinski definition) is 3. The highest BCUT2D eigenvalue weighted by atomic mass is 16.6. The van der Waals surface area contributed by atoms with Gasteiger partial charge in [-0.1, -0.05) is 24.3 Å². The zero-order valence-corrected chi connectivity index (χ0v) is 22.7. The minimum absolute atomic E-state index is 0.105. The van der Waals surface area contributed by atoms with E-state index < -0.39 is 35.3 Å². The molecule has 9 heteroatoms. The van der Waals surface area contributed by atoms with Crippen LogP contribution in [0.15, 0.2) is 36.6 Å². The molecule has 9 nitrogen and oxygen atoms in total. The Morgan fingerprint density at radius 2 is 1.46 bits per heavy atom. The third kappa shape index (κ3) is 9.37. The molecule has 4 aliphatic rings. The fourth-order valence-corrected chi connectivity index (χ4v) is 4.40. The summed E-state index contributed by atoms with van der Waals surface area (Å²) in [6.07, 6.45) is 15.1. The minimum Gasteiger partial charge on any atom is -0.444 e. The highest BCUT2D eigenvalue weighted by Gasteiger charge is 2.54. The normalized spacial score (nSPS) is 27.3. The van der Waals surface area contributed by atoms with E-state index in [2.05, 4.69) is 22.0 Å². The zero-order valence-electron chi connectivity index (χ0n) is 22.7. The number of allylic oxidation sites excluding steroid dienone is 4. The fourth-order valence-electron chi connectivity index (χ4n) is 4.40. The van der Waals surface area contributed by atoms with Crippen LogP contribution >= 0.6 is 0 Å². The van der Waals surface area contributed by atoms with Crippen molar-refractivity contribution < 1.29 is 28.7 Å². The first-order chi connectivity index (χ1) is 17.2. The largest absolute Gasteiger partial charge is 0.444 e. The second kappa shape index (κ2) is 11.5. The van der Waals surface area contributed by atoms with Gasteiger partial charge in [0.05, 0.1) is 17.9 Å². The Bertz CT molecular complexity index is 963. The standard InChI is InChI=1S/C16H22N2O4.C12H19NO2/c1-16(2,3)22-15(21)17-10-7-6-9(8-4-5-8)11-12(10)14(20)18-13(11)19;1-12(2,3)15-11(14)13-9-5-4-6-10-7-8-10/h6-12H,4-5H2,1-3H3,(H,17,21)(H,18,19,20);4-6,9-10H,7-8H2,1-3H3,(H,13,14). The lowest BCUT2D eigenvalue weighted by Gasteiger charge is -2.33. The van der Waals surface area contributed by atoms with E-state index in [1.807, 2.05) is 45.1 Å². The average Bonchev–Trinajstić information content (AvgIpc) is 3.65. The molecule has 4 atom stereocenters. The van der Waals surface area contributed by atoms with Crippen LogP contribution in [0.3, 0.4) is 0 Å². The van der Waals surface area contributed by atoms with Gasteiger partial charge >= 0.3 is 12.2 Å². The van der Waals surface area contributed by atoms with Crippen molar-refractivity contribution in [3.8, 4) is 0 Å². The van der Waals surface area contributed by atoms with Crippen molar-refractivity contribution in [3.63, 3.8) is 0 Å². The number of fused-ring (bicyclic) bond motifs is 1. The first-order valence-electron chi connectivity index (χ1n) is 13.1. The summed E-state index contributed by atoms with van der Waals surface area (Å²) in [4.78, 5) is 47.3. The zero-order chi connectivity index (χ0) is 27.4. The van der Waals surface area contributed by atoms with Gasteiger partial charge < -0.3 is 14.8 Å². The Hall–Kier alpha value is -3.10. The molecule has 0 aromatic heterocycles. The van der Waals surface area contributed by atoms with Gasteiger partial charge in [-0.05, 0) is 91.1 Å². The van der Waals surface area contributed by atoms with Gasteiger partial charge in [-0.15, -0.1) is 0 Å². The summed E-state index contributed by atoms with van der Waals surface area (Å²) in [5.41, 5.74) is -1.05. The molecule has 4 amide bonds. The van der Waals surface area contributed by atoms with Crippen molar-refractivity contribution in [2.45, 2.75) is 84.5 Å². The van der Waals surface area contributed by atoms with E-state index in [4.69, 9.17) is 9.47 Å². The highest BCUT2D eigenvalue weighted by molar-refractivity contribution is 6.06. The van der Waals surface area contributed by atoms with E-state index in [1.165, 1.54) is 12.8 Å². The lowest BCUT2D eigenvalue weighted by Crippen LogP contribution is -2.48. The van der Waals surface area contributed by atoms with Gasteiger partial charge in [0.15, 0.2) is 0 Å². The lowest BCUT2D eigenvalue weighted by atomic mass is 9.73. The van der Waals surface area contributed by atoms with Crippen molar-refractivity contribution in [2.75, 3.05) is 0 Å². The molecular formula is C28H41N3O6. The number of carbonyl (C=O) groups is 4. The molecule has 1 saturated heterocycles. The number of ether oxygens (including phenoxy) is 2. The maximum Gasteiger partial charge on any atom is 0.411 e. The summed E-state index contributed by atoms with van der Waals surface area (Å²) in [5, 5.41) is 7.67. The number of amides is 4. The molecular weight excluding hydrogens is 474 g/mol. The second-order valence-corrected chi connectivity index (χ2v) is 12.1. The smallest absolute Gasteiger partial charge is 0.411 e. The molecule has 2 saturated carbocycles. The molecule has 0 aromatic rings. The number of imide groups is 1. The summed E-state index contributed by atoms with van der Waals surface area (Å²) in [6.45, 7) is 10.8. The Labute approximate surface area is 219 Å². The monoisotopic (exact) mass is 515 g/mol. The van der Waals surface area contributed by atoms with Crippen molar-refractivity contribution in [1.29, 1.82) is 0 Å². The molecule has 37 heavy (non-hydrogen) atoms. The van der Waals surface area contributed by atoms with E-state index in [0.717, 1.165) is 18.8 Å². The van der Waals surface area contributed by atoms with Gasteiger partial charge in [-0.2, -0.15) is 0 Å². The van der Waals surface area contributed by atoms with Crippen molar-refractivity contribution >= 4 is 24.0 Å². The van der Waals surface area contributed by atoms with E-state index in [1.54, 1.807) is 27.0 Å². The van der Waals surface area contributed by atoms with Crippen LogP contribution in [0.5, 0.6) is 0 Å².